The zero-order valence-electron chi connectivity index (χ0n) is 14.9. The largest absolute Gasteiger partial charge is 0.462 e. The molecule has 0 aliphatic carbocycles. The Bertz CT molecular complexity index is 1140. The van der Waals surface area contributed by atoms with Crippen LogP contribution < -0.4 is 10.1 Å². The number of carbonyl (C=O) groups excluding carboxylic acids is 1. The molecular weight excluding hydrogens is 377 g/mol. The van der Waals surface area contributed by atoms with Crippen molar-refractivity contribution >= 4 is 34.1 Å². The van der Waals surface area contributed by atoms with E-state index in [-0.39, 0.29) is 11.6 Å². The maximum absolute atomic E-state index is 13.7. The highest BCUT2D eigenvalue weighted by atomic mass is 32.1. The van der Waals surface area contributed by atoms with Crippen molar-refractivity contribution < 1.29 is 13.9 Å². The lowest BCUT2D eigenvalue weighted by atomic mass is 10.0. The molecule has 0 aliphatic heterocycles. The van der Waals surface area contributed by atoms with Gasteiger partial charge in [0, 0.05) is 5.56 Å². The van der Waals surface area contributed by atoms with Crippen LogP contribution in [0.15, 0.2) is 66.7 Å². The Morgan fingerprint density at radius 3 is 2.64 bits per heavy atom. The zero-order chi connectivity index (χ0) is 19.5. The van der Waals surface area contributed by atoms with Gasteiger partial charge in [-0.2, -0.15) is 4.37 Å². The monoisotopic (exact) mass is 393 g/mol. The third kappa shape index (κ3) is 3.57. The summed E-state index contributed by atoms with van der Waals surface area (Å²) in [6, 6.07) is 19.8. The summed E-state index contributed by atoms with van der Waals surface area (Å²) in [5.74, 6) is -0.700. The molecular formula is C21H16FN3O2S. The third-order valence-corrected chi connectivity index (χ3v) is 4.80. The van der Waals surface area contributed by atoms with Crippen molar-refractivity contribution in [3.8, 4) is 17.1 Å². The highest BCUT2D eigenvalue weighted by Crippen LogP contribution is 2.34. The topological polar surface area (TPSA) is 64.1 Å². The minimum absolute atomic E-state index is 0.105. The number of rotatable bonds is 5. The summed E-state index contributed by atoms with van der Waals surface area (Å²) >= 11 is 1.01. The lowest BCUT2D eigenvalue weighted by molar-refractivity contribution is -0.122. The van der Waals surface area contributed by atoms with E-state index in [1.807, 2.05) is 42.5 Å². The number of hydrogen-bond acceptors (Lipinski definition) is 5. The molecule has 28 heavy (non-hydrogen) atoms. The molecule has 0 aliphatic rings. The van der Waals surface area contributed by atoms with Gasteiger partial charge in [0.05, 0.1) is 17.4 Å². The van der Waals surface area contributed by atoms with Gasteiger partial charge >= 0.3 is 0 Å². The van der Waals surface area contributed by atoms with Gasteiger partial charge in [-0.1, -0.05) is 54.6 Å². The van der Waals surface area contributed by atoms with Crippen molar-refractivity contribution in [3.05, 3.63) is 72.5 Å². The van der Waals surface area contributed by atoms with E-state index in [1.165, 1.54) is 12.1 Å². The number of anilines is 1. The van der Waals surface area contributed by atoms with E-state index in [0.717, 1.165) is 28.1 Å². The van der Waals surface area contributed by atoms with E-state index in [2.05, 4.69) is 14.1 Å². The standard InChI is InChI=1S/C21H16FN3O2S/c1-13(20(26)23-18-12-5-4-11-17(18)22)27-21-19(24-28-25-21)16-10-6-8-14-7-2-3-9-15(14)16/h2-13H,1H3,(H,23,26). The van der Waals surface area contributed by atoms with Gasteiger partial charge in [0.2, 0.25) is 0 Å². The van der Waals surface area contributed by atoms with Crippen LogP contribution in [0.1, 0.15) is 6.92 Å². The summed E-state index contributed by atoms with van der Waals surface area (Å²) in [5.41, 5.74) is 1.56. The molecule has 1 amide bonds. The summed E-state index contributed by atoms with van der Waals surface area (Å²) < 4.78 is 28.1. The van der Waals surface area contributed by atoms with Gasteiger partial charge in [-0.3, -0.25) is 4.79 Å². The van der Waals surface area contributed by atoms with Crippen molar-refractivity contribution in [2.24, 2.45) is 0 Å². The molecule has 0 saturated carbocycles. The molecule has 1 aromatic heterocycles. The Hall–Kier alpha value is -3.32. The maximum atomic E-state index is 13.7. The molecule has 1 N–H and O–H groups in total. The first-order valence-electron chi connectivity index (χ1n) is 8.66. The number of fused-ring (bicyclic) bond motifs is 1. The van der Waals surface area contributed by atoms with E-state index in [1.54, 1.807) is 19.1 Å². The molecule has 7 heteroatoms. The lowest BCUT2D eigenvalue weighted by Crippen LogP contribution is -2.30. The maximum Gasteiger partial charge on any atom is 0.265 e. The van der Waals surface area contributed by atoms with Crippen molar-refractivity contribution in [2.45, 2.75) is 13.0 Å². The van der Waals surface area contributed by atoms with Gasteiger partial charge in [0.15, 0.2) is 6.10 Å². The second-order valence-electron chi connectivity index (χ2n) is 6.17. The molecule has 1 unspecified atom stereocenters. The van der Waals surface area contributed by atoms with Crippen molar-refractivity contribution in [1.29, 1.82) is 0 Å². The second-order valence-corrected chi connectivity index (χ2v) is 6.70. The lowest BCUT2D eigenvalue weighted by Gasteiger charge is -2.14. The molecule has 5 nitrogen and oxygen atoms in total. The van der Waals surface area contributed by atoms with E-state index in [0.29, 0.717) is 5.69 Å². The van der Waals surface area contributed by atoms with Gasteiger partial charge in [-0.25, -0.2) is 4.39 Å². The summed E-state index contributed by atoms with van der Waals surface area (Å²) in [6.45, 7) is 1.59. The van der Waals surface area contributed by atoms with Crippen molar-refractivity contribution in [3.63, 3.8) is 0 Å². The van der Waals surface area contributed by atoms with Gasteiger partial charge in [0.1, 0.15) is 11.5 Å². The van der Waals surface area contributed by atoms with E-state index < -0.39 is 17.8 Å². The number of aromatic nitrogens is 2. The van der Waals surface area contributed by atoms with Crippen LogP contribution in [0.5, 0.6) is 5.88 Å². The van der Waals surface area contributed by atoms with Crippen LogP contribution in [0.2, 0.25) is 0 Å². The van der Waals surface area contributed by atoms with Crippen LogP contribution >= 0.6 is 11.7 Å². The fraction of sp³-hybridized carbons (Fsp3) is 0.0952. The predicted molar refractivity (Wildman–Crippen MR) is 108 cm³/mol. The molecule has 0 radical (unpaired) electrons. The summed E-state index contributed by atoms with van der Waals surface area (Å²) in [7, 11) is 0. The molecule has 3 aromatic carbocycles. The number of nitrogens with zero attached hydrogens (tertiary/aromatic N) is 2. The number of para-hydroxylation sites is 1. The molecule has 1 heterocycles. The van der Waals surface area contributed by atoms with Gasteiger partial charge in [-0.05, 0) is 29.8 Å². The Morgan fingerprint density at radius 1 is 1.04 bits per heavy atom. The minimum Gasteiger partial charge on any atom is -0.462 e. The molecule has 4 aromatic rings. The van der Waals surface area contributed by atoms with E-state index in [4.69, 9.17) is 4.74 Å². The Balaban J connectivity index is 1.58. The number of benzene rings is 3. The minimum atomic E-state index is -0.878. The van der Waals surface area contributed by atoms with E-state index >= 15 is 0 Å². The average Bonchev–Trinajstić information content (AvgIpc) is 3.17. The normalized spacial score (nSPS) is 11.9. The smallest absolute Gasteiger partial charge is 0.265 e. The third-order valence-electron chi connectivity index (χ3n) is 4.29. The average molecular weight is 393 g/mol. The predicted octanol–water partition coefficient (Wildman–Crippen LogP) is 4.90. The molecule has 140 valence electrons. The van der Waals surface area contributed by atoms with Crippen LogP contribution in [-0.4, -0.2) is 20.8 Å². The molecule has 0 bridgehead atoms. The van der Waals surface area contributed by atoms with Crippen molar-refractivity contribution in [1.82, 2.24) is 8.75 Å². The molecule has 1 atom stereocenters. The van der Waals surface area contributed by atoms with Crippen LogP contribution in [0, 0.1) is 5.82 Å². The van der Waals surface area contributed by atoms with Crippen molar-refractivity contribution in [2.75, 3.05) is 5.32 Å². The highest BCUT2D eigenvalue weighted by molar-refractivity contribution is 6.99. The fourth-order valence-electron chi connectivity index (χ4n) is 2.87. The Labute approximate surface area is 165 Å². The number of amides is 1. The van der Waals surface area contributed by atoms with Gasteiger partial charge in [0.25, 0.3) is 11.8 Å². The van der Waals surface area contributed by atoms with Crippen LogP contribution in [-0.2, 0) is 4.79 Å². The highest BCUT2D eigenvalue weighted by Gasteiger charge is 2.21. The SMILES string of the molecule is CC(Oc1nsnc1-c1cccc2ccccc12)C(=O)Nc1ccccc1F. The number of ether oxygens (including phenoxy) is 1. The fourth-order valence-corrected chi connectivity index (χ4v) is 3.37. The quantitative estimate of drug-likeness (QED) is 0.524. The van der Waals surface area contributed by atoms with Gasteiger partial charge in [-0.15, -0.1) is 4.37 Å². The van der Waals surface area contributed by atoms with Crippen LogP contribution in [0.25, 0.3) is 22.0 Å². The number of carbonyl (C=O) groups is 1. The summed E-state index contributed by atoms with van der Waals surface area (Å²) in [6.07, 6.45) is -0.878. The summed E-state index contributed by atoms with van der Waals surface area (Å²) in [4.78, 5) is 12.4. The number of nitrogens with one attached hydrogen (secondary N) is 1. The molecule has 4 rings (SSSR count). The van der Waals surface area contributed by atoms with Gasteiger partial charge < -0.3 is 10.1 Å². The Morgan fingerprint density at radius 2 is 1.79 bits per heavy atom. The zero-order valence-corrected chi connectivity index (χ0v) is 15.7. The number of hydrogen-bond donors (Lipinski definition) is 1. The van der Waals surface area contributed by atoms with Crippen LogP contribution in [0.4, 0.5) is 10.1 Å². The molecule has 0 saturated heterocycles. The van der Waals surface area contributed by atoms with Crippen LogP contribution in [0.3, 0.4) is 0 Å². The summed E-state index contributed by atoms with van der Waals surface area (Å²) in [5, 5.41) is 4.62. The molecule has 0 spiro atoms. The first kappa shape index (κ1) is 18.1. The first-order chi connectivity index (χ1) is 13.6. The Kier molecular flexibility index (Phi) is 4.99. The second kappa shape index (κ2) is 7.74. The number of halogens is 1. The van der Waals surface area contributed by atoms with E-state index in [9.17, 15) is 9.18 Å². The molecule has 0 fully saturated rings. The first-order valence-corrected chi connectivity index (χ1v) is 9.39.